The number of rotatable bonds is 4. The van der Waals surface area contributed by atoms with E-state index in [-0.39, 0.29) is 24.3 Å². The number of carbonyl (C=O) groups is 3. The van der Waals surface area contributed by atoms with Crippen LogP contribution >= 0.6 is 0 Å². The highest BCUT2D eigenvalue weighted by molar-refractivity contribution is 6.02. The van der Waals surface area contributed by atoms with Crippen LogP contribution in [0.15, 0.2) is 24.3 Å². The summed E-state index contributed by atoms with van der Waals surface area (Å²) in [4.78, 5) is 39.2. The van der Waals surface area contributed by atoms with E-state index in [1.54, 1.807) is 34.9 Å². The lowest BCUT2D eigenvalue weighted by molar-refractivity contribution is -0.136. The SMILES string of the molecule is CCOC(=O)N1CCN(C(=O)COC(=O)c2n[nH]c3ccccc23)CC1. The average Bonchev–Trinajstić information content (AvgIpc) is 3.10. The minimum atomic E-state index is -0.652. The van der Waals surface area contributed by atoms with Gasteiger partial charge in [0, 0.05) is 31.6 Å². The number of H-pyrrole nitrogens is 1. The number of fused-ring (bicyclic) bond motifs is 1. The van der Waals surface area contributed by atoms with E-state index in [1.807, 2.05) is 6.07 Å². The molecule has 2 aromatic rings. The number of nitrogens with zero attached hydrogens (tertiary/aromatic N) is 3. The summed E-state index contributed by atoms with van der Waals surface area (Å²) < 4.78 is 10.0. The molecule has 1 aromatic carbocycles. The Bertz CT molecular complexity index is 810. The summed E-state index contributed by atoms with van der Waals surface area (Å²) in [5, 5.41) is 7.35. The molecule has 0 unspecified atom stereocenters. The molecule has 1 aliphatic rings. The summed E-state index contributed by atoms with van der Waals surface area (Å²) in [5.74, 6) is -0.956. The number of amides is 2. The smallest absolute Gasteiger partial charge is 0.409 e. The van der Waals surface area contributed by atoms with Crippen molar-refractivity contribution in [2.45, 2.75) is 6.92 Å². The molecule has 1 fully saturated rings. The highest BCUT2D eigenvalue weighted by Crippen LogP contribution is 2.16. The lowest BCUT2D eigenvalue weighted by Crippen LogP contribution is -2.51. The van der Waals surface area contributed by atoms with Gasteiger partial charge in [-0.2, -0.15) is 5.10 Å². The molecule has 0 radical (unpaired) electrons. The van der Waals surface area contributed by atoms with Crippen molar-refractivity contribution in [1.82, 2.24) is 20.0 Å². The Hall–Kier alpha value is -3.10. The Morgan fingerprint density at radius 2 is 1.77 bits per heavy atom. The van der Waals surface area contributed by atoms with E-state index in [0.29, 0.717) is 38.2 Å². The number of ether oxygens (including phenoxy) is 2. The maximum atomic E-state index is 12.2. The second-order valence-corrected chi connectivity index (χ2v) is 5.76. The molecule has 138 valence electrons. The van der Waals surface area contributed by atoms with Crippen LogP contribution in [0.1, 0.15) is 17.4 Å². The molecule has 1 aromatic heterocycles. The van der Waals surface area contributed by atoms with Crippen LogP contribution in [-0.4, -0.2) is 77.4 Å². The fourth-order valence-corrected chi connectivity index (χ4v) is 2.76. The van der Waals surface area contributed by atoms with Crippen molar-refractivity contribution in [1.29, 1.82) is 0 Å². The van der Waals surface area contributed by atoms with Gasteiger partial charge in [-0.15, -0.1) is 0 Å². The maximum absolute atomic E-state index is 12.2. The predicted octanol–water partition coefficient (Wildman–Crippen LogP) is 1.02. The van der Waals surface area contributed by atoms with E-state index in [1.165, 1.54) is 0 Å². The Kier molecular flexibility index (Phi) is 5.35. The van der Waals surface area contributed by atoms with Crippen LogP contribution in [0.3, 0.4) is 0 Å². The van der Waals surface area contributed by atoms with Crippen LogP contribution in [0.25, 0.3) is 10.9 Å². The first-order valence-electron chi connectivity index (χ1n) is 8.40. The van der Waals surface area contributed by atoms with E-state index in [9.17, 15) is 14.4 Å². The largest absolute Gasteiger partial charge is 0.451 e. The lowest BCUT2D eigenvalue weighted by Gasteiger charge is -2.33. The van der Waals surface area contributed by atoms with Gasteiger partial charge in [0.2, 0.25) is 0 Å². The molecule has 0 saturated carbocycles. The normalized spacial score (nSPS) is 14.3. The van der Waals surface area contributed by atoms with Crippen molar-refractivity contribution in [3.05, 3.63) is 30.0 Å². The highest BCUT2D eigenvalue weighted by Gasteiger charge is 2.26. The van der Waals surface area contributed by atoms with Crippen LogP contribution < -0.4 is 0 Å². The van der Waals surface area contributed by atoms with Gasteiger partial charge < -0.3 is 19.3 Å². The van der Waals surface area contributed by atoms with Gasteiger partial charge in [-0.1, -0.05) is 18.2 Å². The summed E-state index contributed by atoms with van der Waals surface area (Å²) in [6.07, 6.45) is -0.378. The molecule has 2 heterocycles. The molecule has 0 aliphatic carbocycles. The third-order valence-electron chi connectivity index (χ3n) is 4.15. The molecule has 0 spiro atoms. The number of hydrogen-bond donors (Lipinski definition) is 1. The number of esters is 1. The molecule has 9 heteroatoms. The number of carbonyl (C=O) groups excluding carboxylic acids is 3. The number of aromatic nitrogens is 2. The van der Waals surface area contributed by atoms with Gasteiger partial charge in [0.25, 0.3) is 5.91 Å². The Morgan fingerprint density at radius 3 is 2.50 bits per heavy atom. The number of hydrogen-bond acceptors (Lipinski definition) is 6. The molecule has 2 amide bonds. The lowest BCUT2D eigenvalue weighted by atomic mass is 10.2. The van der Waals surface area contributed by atoms with E-state index >= 15 is 0 Å². The van der Waals surface area contributed by atoms with E-state index in [2.05, 4.69) is 10.2 Å². The Morgan fingerprint density at radius 1 is 1.08 bits per heavy atom. The van der Waals surface area contributed by atoms with Gasteiger partial charge in [0.15, 0.2) is 12.3 Å². The van der Waals surface area contributed by atoms with Crippen LogP contribution in [0.4, 0.5) is 4.79 Å². The number of nitrogens with one attached hydrogen (secondary N) is 1. The molecule has 9 nitrogen and oxygen atoms in total. The number of aromatic amines is 1. The van der Waals surface area contributed by atoms with Gasteiger partial charge in [-0.3, -0.25) is 9.89 Å². The maximum Gasteiger partial charge on any atom is 0.409 e. The topological polar surface area (TPSA) is 105 Å². The molecular weight excluding hydrogens is 340 g/mol. The number of para-hydroxylation sites is 1. The van der Waals surface area contributed by atoms with Crippen LogP contribution in [0.5, 0.6) is 0 Å². The second kappa shape index (κ2) is 7.85. The van der Waals surface area contributed by atoms with Gasteiger partial charge in [0.1, 0.15) is 0 Å². The zero-order chi connectivity index (χ0) is 18.5. The molecule has 1 N–H and O–H groups in total. The number of benzene rings is 1. The van der Waals surface area contributed by atoms with Crippen molar-refractivity contribution in [2.75, 3.05) is 39.4 Å². The summed E-state index contributed by atoms with van der Waals surface area (Å²) in [5.41, 5.74) is 0.876. The van der Waals surface area contributed by atoms with Gasteiger partial charge in [-0.25, -0.2) is 9.59 Å². The van der Waals surface area contributed by atoms with Gasteiger partial charge >= 0.3 is 12.1 Å². The quantitative estimate of drug-likeness (QED) is 0.816. The first kappa shape index (κ1) is 17.7. The fraction of sp³-hybridized carbons (Fsp3) is 0.412. The van der Waals surface area contributed by atoms with Crippen molar-refractivity contribution in [3.63, 3.8) is 0 Å². The third kappa shape index (κ3) is 3.76. The molecule has 3 rings (SSSR count). The zero-order valence-electron chi connectivity index (χ0n) is 14.4. The van der Waals surface area contributed by atoms with Gasteiger partial charge in [-0.05, 0) is 13.0 Å². The first-order valence-corrected chi connectivity index (χ1v) is 8.40. The van der Waals surface area contributed by atoms with E-state index in [4.69, 9.17) is 9.47 Å². The Balaban J connectivity index is 1.50. The van der Waals surface area contributed by atoms with E-state index < -0.39 is 5.97 Å². The fourth-order valence-electron chi connectivity index (χ4n) is 2.76. The van der Waals surface area contributed by atoms with Crippen molar-refractivity contribution in [3.8, 4) is 0 Å². The molecule has 1 saturated heterocycles. The van der Waals surface area contributed by atoms with Crippen LogP contribution in [0, 0.1) is 0 Å². The molecule has 26 heavy (non-hydrogen) atoms. The van der Waals surface area contributed by atoms with Crippen LogP contribution in [0.2, 0.25) is 0 Å². The standard InChI is InChI=1S/C17H20N4O5/c1-2-25-17(24)21-9-7-20(8-10-21)14(22)11-26-16(23)15-12-5-3-4-6-13(12)18-19-15/h3-6H,2,7-11H2,1H3,(H,18,19). The minimum Gasteiger partial charge on any atom is -0.451 e. The average molecular weight is 360 g/mol. The second-order valence-electron chi connectivity index (χ2n) is 5.76. The van der Waals surface area contributed by atoms with Crippen LogP contribution in [-0.2, 0) is 14.3 Å². The predicted molar refractivity (Wildman–Crippen MR) is 91.6 cm³/mol. The molecular formula is C17H20N4O5. The highest BCUT2D eigenvalue weighted by atomic mass is 16.6. The summed E-state index contributed by atoms with van der Waals surface area (Å²) in [7, 11) is 0. The van der Waals surface area contributed by atoms with Crippen molar-refractivity contribution < 1.29 is 23.9 Å². The third-order valence-corrected chi connectivity index (χ3v) is 4.15. The summed E-state index contributed by atoms with van der Waals surface area (Å²) in [6.45, 7) is 3.23. The zero-order valence-corrected chi connectivity index (χ0v) is 14.4. The summed E-state index contributed by atoms with van der Waals surface area (Å²) >= 11 is 0. The molecule has 0 atom stereocenters. The van der Waals surface area contributed by atoms with Gasteiger partial charge in [0.05, 0.1) is 12.1 Å². The molecule has 0 bridgehead atoms. The first-order chi connectivity index (χ1) is 12.6. The number of piperazine rings is 1. The minimum absolute atomic E-state index is 0.153. The van der Waals surface area contributed by atoms with Crippen molar-refractivity contribution >= 4 is 28.9 Å². The monoisotopic (exact) mass is 360 g/mol. The molecule has 1 aliphatic heterocycles. The Labute approximate surface area is 149 Å². The van der Waals surface area contributed by atoms with Crippen molar-refractivity contribution in [2.24, 2.45) is 0 Å². The van der Waals surface area contributed by atoms with E-state index in [0.717, 1.165) is 5.52 Å². The summed E-state index contributed by atoms with van der Waals surface area (Å²) in [6, 6.07) is 7.18.